The average molecular weight is 521 g/mol. The van der Waals surface area contributed by atoms with E-state index in [-0.39, 0.29) is 17.9 Å². The van der Waals surface area contributed by atoms with Crippen molar-refractivity contribution < 1.29 is 18.0 Å². The summed E-state index contributed by atoms with van der Waals surface area (Å²) < 4.78 is 41.6. The number of alkyl halides is 3. The summed E-state index contributed by atoms with van der Waals surface area (Å²) in [6.07, 6.45) is -0.546. The van der Waals surface area contributed by atoms with Gasteiger partial charge in [0.05, 0.1) is 11.3 Å². The molecule has 38 heavy (non-hydrogen) atoms. The molecule has 8 heteroatoms. The standard InChI is InChI=1S/C30H31F3N4O/c1-3-26-27(37-16-4-5-25(28(37)35-26)30(31,32)33)29(38)34-19-21-8-12-24(13-9-21)36-17-14-23(15-18-36)22-10-6-20(2)7-11-22/h4-13,16,23H,3,14-15,17-19H2,1-2H3,(H,34,38). The van der Waals surface area contributed by atoms with Gasteiger partial charge in [-0.15, -0.1) is 0 Å². The molecule has 1 amide bonds. The molecule has 2 aromatic heterocycles. The Hall–Kier alpha value is -3.81. The van der Waals surface area contributed by atoms with E-state index < -0.39 is 17.6 Å². The second-order valence-corrected chi connectivity index (χ2v) is 9.90. The van der Waals surface area contributed by atoms with Crippen LogP contribution >= 0.6 is 0 Å². The number of aromatic nitrogens is 2. The van der Waals surface area contributed by atoms with Gasteiger partial charge in [-0.25, -0.2) is 4.98 Å². The van der Waals surface area contributed by atoms with Gasteiger partial charge in [0.2, 0.25) is 0 Å². The van der Waals surface area contributed by atoms with E-state index in [1.807, 2.05) is 12.1 Å². The number of hydrogen-bond acceptors (Lipinski definition) is 3. The molecule has 0 spiro atoms. The fraction of sp³-hybridized carbons (Fsp3) is 0.333. The summed E-state index contributed by atoms with van der Waals surface area (Å²) in [5, 5.41) is 2.86. The third-order valence-corrected chi connectivity index (χ3v) is 7.38. The molecule has 3 heterocycles. The number of fused-ring (bicyclic) bond motifs is 1. The highest BCUT2D eigenvalue weighted by Gasteiger charge is 2.35. The molecule has 0 atom stereocenters. The number of nitrogens with one attached hydrogen (secondary N) is 1. The van der Waals surface area contributed by atoms with Gasteiger partial charge in [0.15, 0.2) is 0 Å². The molecule has 1 fully saturated rings. The van der Waals surface area contributed by atoms with Crippen molar-refractivity contribution in [3.05, 3.63) is 101 Å². The Kier molecular flexibility index (Phi) is 7.15. The Morgan fingerprint density at radius 3 is 2.34 bits per heavy atom. The average Bonchev–Trinajstić information content (AvgIpc) is 3.31. The quantitative estimate of drug-likeness (QED) is 0.314. The SMILES string of the molecule is CCc1nc2c(C(F)(F)F)cccn2c1C(=O)NCc1ccc(N2CCC(c3ccc(C)cc3)CC2)cc1. The Morgan fingerprint density at radius 1 is 1.03 bits per heavy atom. The molecule has 0 saturated carbocycles. The van der Waals surface area contributed by atoms with Gasteiger partial charge in [-0.2, -0.15) is 13.2 Å². The second-order valence-electron chi connectivity index (χ2n) is 9.90. The molecule has 0 bridgehead atoms. The van der Waals surface area contributed by atoms with E-state index in [0.717, 1.165) is 43.2 Å². The van der Waals surface area contributed by atoms with Crippen LogP contribution in [0.3, 0.4) is 0 Å². The molecule has 2 aromatic carbocycles. The fourth-order valence-corrected chi connectivity index (χ4v) is 5.22. The van der Waals surface area contributed by atoms with Crippen molar-refractivity contribution in [3.8, 4) is 0 Å². The van der Waals surface area contributed by atoms with Crippen molar-refractivity contribution in [2.75, 3.05) is 18.0 Å². The van der Waals surface area contributed by atoms with Crippen LogP contribution in [0.25, 0.3) is 5.65 Å². The van der Waals surface area contributed by atoms with Crippen molar-refractivity contribution in [2.45, 2.75) is 51.7 Å². The summed E-state index contributed by atoms with van der Waals surface area (Å²) in [6, 6.07) is 19.2. The van der Waals surface area contributed by atoms with Gasteiger partial charge in [0.1, 0.15) is 11.3 Å². The summed E-state index contributed by atoms with van der Waals surface area (Å²) in [7, 11) is 0. The van der Waals surface area contributed by atoms with Crippen LogP contribution in [0.1, 0.15) is 64.1 Å². The maximum absolute atomic E-state index is 13.5. The van der Waals surface area contributed by atoms with Crippen LogP contribution in [0.5, 0.6) is 0 Å². The summed E-state index contributed by atoms with van der Waals surface area (Å²) in [5.74, 6) is 0.136. The zero-order valence-corrected chi connectivity index (χ0v) is 21.6. The van der Waals surface area contributed by atoms with Crippen molar-refractivity contribution in [1.29, 1.82) is 0 Å². The molecule has 1 aliphatic rings. The van der Waals surface area contributed by atoms with Gasteiger partial charge < -0.3 is 10.2 Å². The maximum atomic E-state index is 13.5. The number of hydrogen-bond donors (Lipinski definition) is 1. The van der Waals surface area contributed by atoms with Crippen molar-refractivity contribution in [3.63, 3.8) is 0 Å². The zero-order chi connectivity index (χ0) is 26.9. The van der Waals surface area contributed by atoms with E-state index in [4.69, 9.17) is 0 Å². The Balaban J connectivity index is 1.22. The van der Waals surface area contributed by atoms with E-state index in [1.165, 1.54) is 27.8 Å². The largest absolute Gasteiger partial charge is 0.419 e. The van der Waals surface area contributed by atoms with E-state index in [2.05, 4.69) is 58.5 Å². The summed E-state index contributed by atoms with van der Waals surface area (Å²) >= 11 is 0. The number of carbonyl (C=O) groups is 1. The number of halogens is 3. The van der Waals surface area contributed by atoms with Gasteiger partial charge in [-0.3, -0.25) is 9.20 Å². The second kappa shape index (κ2) is 10.5. The Bertz CT molecular complexity index is 1420. The van der Waals surface area contributed by atoms with E-state index in [9.17, 15) is 18.0 Å². The molecule has 1 aliphatic heterocycles. The van der Waals surface area contributed by atoms with Crippen molar-refractivity contribution in [2.24, 2.45) is 0 Å². The number of imidazole rings is 1. The summed E-state index contributed by atoms with van der Waals surface area (Å²) in [5.41, 5.74) is 4.13. The first-order valence-corrected chi connectivity index (χ1v) is 13.0. The lowest BCUT2D eigenvalue weighted by molar-refractivity contribution is -0.136. The smallest absolute Gasteiger partial charge is 0.371 e. The van der Waals surface area contributed by atoms with E-state index >= 15 is 0 Å². The minimum atomic E-state index is -4.55. The number of nitrogens with zero attached hydrogens (tertiary/aromatic N) is 3. The Morgan fingerprint density at radius 2 is 1.71 bits per heavy atom. The van der Waals surface area contributed by atoms with Crippen LogP contribution in [0.15, 0.2) is 66.9 Å². The zero-order valence-electron chi connectivity index (χ0n) is 21.6. The van der Waals surface area contributed by atoms with Crippen molar-refractivity contribution >= 4 is 17.2 Å². The predicted octanol–water partition coefficient (Wildman–Crippen LogP) is 6.54. The highest BCUT2D eigenvalue weighted by Crippen LogP contribution is 2.33. The predicted molar refractivity (Wildman–Crippen MR) is 143 cm³/mol. The first-order chi connectivity index (χ1) is 18.2. The van der Waals surface area contributed by atoms with E-state index in [0.29, 0.717) is 18.0 Å². The molecular formula is C30H31F3N4O. The third kappa shape index (κ3) is 5.26. The number of carbonyl (C=O) groups excluding carboxylic acids is 1. The van der Waals surface area contributed by atoms with Crippen LogP contribution < -0.4 is 10.2 Å². The van der Waals surface area contributed by atoms with E-state index in [1.54, 1.807) is 6.92 Å². The monoisotopic (exact) mass is 520 g/mol. The molecule has 4 aromatic rings. The first-order valence-electron chi connectivity index (χ1n) is 13.0. The van der Waals surface area contributed by atoms with Gasteiger partial charge in [0.25, 0.3) is 5.91 Å². The molecule has 1 N–H and O–H groups in total. The first kappa shape index (κ1) is 25.8. The molecule has 5 nitrogen and oxygen atoms in total. The lowest BCUT2D eigenvalue weighted by atomic mass is 9.89. The minimum Gasteiger partial charge on any atom is -0.371 e. The molecule has 0 unspecified atom stereocenters. The number of benzene rings is 2. The van der Waals surface area contributed by atoms with Crippen LogP contribution in [0.4, 0.5) is 18.9 Å². The van der Waals surface area contributed by atoms with Crippen LogP contribution in [-0.4, -0.2) is 28.4 Å². The third-order valence-electron chi connectivity index (χ3n) is 7.38. The molecule has 198 valence electrons. The van der Waals surface area contributed by atoms with Gasteiger partial charge >= 0.3 is 6.18 Å². The van der Waals surface area contributed by atoms with Gasteiger partial charge in [-0.1, -0.05) is 48.9 Å². The lowest BCUT2D eigenvalue weighted by Gasteiger charge is -2.34. The Labute approximate surface area is 220 Å². The normalized spacial score (nSPS) is 14.7. The number of aryl methyl sites for hydroxylation is 2. The number of amides is 1. The number of rotatable bonds is 6. The van der Waals surface area contributed by atoms with Gasteiger partial charge in [-0.05, 0) is 67.5 Å². The topological polar surface area (TPSA) is 49.6 Å². The lowest BCUT2D eigenvalue weighted by Crippen LogP contribution is -2.32. The molecule has 0 radical (unpaired) electrons. The maximum Gasteiger partial charge on any atom is 0.419 e. The molecular weight excluding hydrogens is 489 g/mol. The molecule has 1 saturated heterocycles. The van der Waals surface area contributed by atoms with Crippen LogP contribution in [0, 0.1) is 6.92 Å². The minimum absolute atomic E-state index is 0.140. The molecule has 5 rings (SSSR count). The van der Waals surface area contributed by atoms with Crippen molar-refractivity contribution in [1.82, 2.24) is 14.7 Å². The van der Waals surface area contributed by atoms with Gasteiger partial charge in [0, 0.05) is 31.5 Å². The number of pyridine rings is 1. The van der Waals surface area contributed by atoms with Crippen LogP contribution in [0.2, 0.25) is 0 Å². The highest BCUT2D eigenvalue weighted by atomic mass is 19.4. The molecule has 0 aliphatic carbocycles. The summed E-state index contributed by atoms with van der Waals surface area (Å²) in [6.45, 7) is 6.13. The number of piperidine rings is 1. The highest BCUT2D eigenvalue weighted by molar-refractivity contribution is 5.95. The summed E-state index contributed by atoms with van der Waals surface area (Å²) in [4.78, 5) is 19.6. The number of anilines is 1. The fourth-order valence-electron chi connectivity index (χ4n) is 5.22. The van der Waals surface area contributed by atoms with Crippen LogP contribution in [-0.2, 0) is 19.1 Å².